The molecule has 0 aliphatic rings. The van der Waals surface area contributed by atoms with Crippen molar-refractivity contribution in [2.75, 3.05) is 25.9 Å². The molecule has 0 bridgehead atoms. The Morgan fingerprint density at radius 1 is 1.03 bits per heavy atom. The van der Waals surface area contributed by atoms with E-state index in [1.165, 1.54) is 5.56 Å². The number of nitrogens with zero attached hydrogens (tertiary/aromatic N) is 4. The van der Waals surface area contributed by atoms with E-state index in [0.29, 0.717) is 30.0 Å². The Morgan fingerprint density at radius 2 is 1.68 bits per heavy atom. The molecule has 0 saturated carbocycles. The van der Waals surface area contributed by atoms with Crippen LogP contribution in [0.15, 0.2) is 65.7 Å². The minimum absolute atomic E-state index is 0. The van der Waals surface area contributed by atoms with Gasteiger partial charge in [-0.15, -0.1) is 24.0 Å². The van der Waals surface area contributed by atoms with E-state index >= 15 is 0 Å². The fourth-order valence-electron chi connectivity index (χ4n) is 3.19. The number of benzene rings is 2. The maximum Gasteiger partial charge on any atom is 0.190 e. The lowest BCUT2D eigenvalue weighted by Crippen LogP contribution is -2.38. The van der Waals surface area contributed by atoms with Gasteiger partial charge in [-0.05, 0) is 37.0 Å². The Kier molecular flexibility index (Phi) is 9.84. The van der Waals surface area contributed by atoms with Gasteiger partial charge in [-0.2, -0.15) is 10.4 Å². The molecule has 2 aromatic carbocycles. The van der Waals surface area contributed by atoms with Crippen LogP contribution in [0.5, 0.6) is 0 Å². The molecule has 0 saturated heterocycles. The predicted octanol–water partition coefficient (Wildman–Crippen LogP) is 3.28. The van der Waals surface area contributed by atoms with E-state index in [2.05, 4.69) is 38.9 Å². The largest absolute Gasteiger partial charge is 0.382 e. The van der Waals surface area contributed by atoms with Crippen molar-refractivity contribution in [2.24, 2.45) is 4.99 Å². The molecule has 0 fully saturated rings. The quantitative estimate of drug-likeness (QED) is 0.180. The number of nitriles is 1. The second-order valence-electron chi connectivity index (χ2n) is 6.83. The van der Waals surface area contributed by atoms with E-state index in [1.54, 1.807) is 11.7 Å². The maximum absolute atomic E-state index is 9.51. The number of nitrogens with one attached hydrogen (secondary N) is 2. The minimum Gasteiger partial charge on any atom is -0.382 e. The van der Waals surface area contributed by atoms with Crippen LogP contribution in [0, 0.1) is 11.3 Å². The predicted molar refractivity (Wildman–Crippen MR) is 136 cm³/mol. The second-order valence-corrected chi connectivity index (χ2v) is 6.83. The molecule has 8 heteroatoms. The molecule has 1 heterocycles. The summed E-state index contributed by atoms with van der Waals surface area (Å²) in [4.78, 5) is 4.26. The molecule has 7 nitrogen and oxygen atoms in total. The first-order valence-electron chi connectivity index (χ1n) is 10.0. The number of hydrogen-bond acceptors (Lipinski definition) is 4. The Bertz CT molecular complexity index is 1010. The van der Waals surface area contributed by atoms with Crippen LogP contribution in [0.2, 0.25) is 0 Å². The van der Waals surface area contributed by atoms with Crippen LogP contribution in [-0.2, 0) is 12.8 Å². The third-order valence-corrected chi connectivity index (χ3v) is 4.76. The number of aromatic nitrogens is 2. The van der Waals surface area contributed by atoms with Gasteiger partial charge in [0.15, 0.2) is 5.96 Å². The lowest BCUT2D eigenvalue weighted by atomic mass is 10.1. The summed E-state index contributed by atoms with van der Waals surface area (Å²) in [6.07, 6.45) is 2.39. The number of nitrogens with two attached hydrogens (primary N) is 1. The molecule has 3 aromatic rings. The highest BCUT2D eigenvalue weighted by Crippen LogP contribution is 2.21. The van der Waals surface area contributed by atoms with Gasteiger partial charge in [0.2, 0.25) is 0 Å². The summed E-state index contributed by atoms with van der Waals surface area (Å²) in [6.45, 7) is 1.52. The fourth-order valence-corrected chi connectivity index (χ4v) is 3.19. The molecule has 4 N–H and O–H groups in total. The van der Waals surface area contributed by atoms with Crippen LogP contribution in [0.4, 0.5) is 5.82 Å². The van der Waals surface area contributed by atoms with Gasteiger partial charge in [0, 0.05) is 20.1 Å². The number of para-hydroxylation sites is 1. The molecule has 0 unspecified atom stereocenters. The highest BCUT2D eigenvalue weighted by Gasteiger charge is 2.16. The SMILES string of the molecule is CN=C(NCCCc1nn(-c2ccccc2)c(N)c1C#N)NCCc1ccccc1.I. The van der Waals surface area contributed by atoms with Gasteiger partial charge in [-0.3, -0.25) is 4.99 Å². The number of guanidine groups is 1. The van der Waals surface area contributed by atoms with Crippen LogP contribution in [0.1, 0.15) is 23.2 Å². The van der Waals surface area contributed by atoms with Gasteiger partial charge in [-0.1, -0.05) is 48.5 Å². The maximum atomic E-state index is 9.51. The average molecular weight is 529 g/mol. The Morgan fingerprint density at radius 3 is 2.32 bits per heavy atom. The van der Waals surface area contributed by atoms with Crippen molar-refractivity contribution in [1.82, 2.24) is 20.4 Å². The monoisotopic (exact) mass is 529 g/mol. The standard InChI is InChI=1S/C23H27N7.HI/c1-26-23(28-16-14-18-9-4-2-5-10-18)27-15-8-13-21-20(17-24)22(25)30(29-21)19-11-6-3-7-12-19;/h2-7,9-12H,8,13-16,25H2,1H3,(H2,26,27,28);1H. The van der Waals surface area contributed by atoms with Gasteiger partial charge >= 0.3 is 0 Å². The summed E-state index contributed by atoms with van der Waals surface area (Å²) >= 11 is 0. The van der Waals surface area contributed by atoms with Crippen LogP contribution in [0.25, 0.3) is 5.69 Å². The Balaban J connectivity index is 0.00000341. The minimum atomic E-state index is 0. The van der Waals surface area contributed by atoms with E-state index in [-0.39, 0.29) is 24.0 Å². The first-order chi connectivity index (χ1) is 14.7. The third kappa shape index (κ3) is 6.72. The molecule has 0 aliphatic carbocycles. The fraction of sp³-hybridized carbons (Fsp3) is 0.261. The number of aryl methyl sites for hydroxylation is 1. The smallest absolute Gasteiger partial charge is 0.190 e. The average Bonchev–Trinajstić information content (AvgIpc) is 3.11. The molecule has 31 heavy (non-hydrogen) atoms. The molecular formula is C23H28IN7. The zero-order valence-electron chi connectivity index (χ0n) is 17.6. The van der Waals surface area contributed by atoms with E-state index < -0.39 is 0 Å². The van der Waals surface area contributed by atoms with Crippen molar-refractivity contribution in [3.63, 3.8) is 0 Å². The Hall–Kier alpha value is -3.06. The van der Waals surface area contributed by atoms with Crippen molar-refractivity contribution < 1.29 is 0 Å². The highest BCUT2D eigenvalue weighted by molar-refractivity contribution is 14.0. The number of halogens is 1. The number of rotatable bonds is 8. The van der Waals surface area contributed by atoms with E-state index in [1.807, 2.05) is 48.5 Å². The normalized spacial score (nSPS) is 10.8. The number of hydrogen-bond donors (Lipinski definition) is 3. The summed E-state index contributed by atoms with van der Waals surface area (Å²) in [7, 11) is 1.76. The molecule has 0 spiro atoms. The molecule has 0 atom stereocenters. The van der Waals surface area contributed by atoms with Gasteiger partial charge < -0.3 is 16.4 Å². The molecule has 162 valence electrons. The summed E-state index contributed by atoms with van der Waals surface area (Å²) in [5.74, 6) is 1.14. The topological polar surface area (TPSA) is 104 Å². The van der Waals surface area contributed by atoms with Gasteiger partial charge in [0.25, 0.3) is 0 Å². The second kappa shape index (κ2) is 12.6. The summed E-state index contributed by atoms with van der Waals surface area (Å²) in [6, 6.07) is 22.1. The number of aliphatic imine (C=N–C) groups is 1. The highest BCUT2D eigenvalue weighted by atomic mass is 127. The lowest BCUT2D eigenvalue weighted by molar-refractivity contribution is 0.720. The zero-order valence-corrected chi connectivity index (χ0v) is 19.9. The third-order valence-electron chi connectivity index (χ3n) is 4.76. The first-order valence-corrected chi connectivity index (χ1v) is 10.0. The summed E-state index contributed by atoms with van der Waals surface area (Å²) < 4.78 is 1.63. The first kappa shape index (κ1) is 24.2. The lowest BCUT2D eigenvalue weighted by Gasteiger charge is -2.11. The Labute approximate surface area is 200 Å². The summed E-state index contributed by atoms with van der Waals surface area (Å²) in [5, 5.41) is 20.7. The number of nitrogen functional groups attached to an aromatic ring is 1. The molecule has 0 amide bonds. The van der Waals surface area contributed by atoms with Crippen molar-refractivity contribution in [1.29, 1.82) is 5.26 Å². The molecule has 0 aliphatic heterocycles. The van der Waals surface area contributed by atoms with Gasteiger partial charge in [0.05, 0.1) is 11.4 Å². The molecule has 0 radical (unpaired) electrons. The van der Waals surface area contributed by atoms with Crippen LogP contribution in [0.3, 0.4) is 0 Å². The molecule has 3 rings (SSSR count). The van der Waals surface area contributed by atoms with E-state index in [0.717, 1.165) is 31.0 Å². The van der Waals surface area contributed by atoms with Crippen molar-refractivity contribution in [3.05, 3.63) is 77.5 Å². The zero-order chi connectivity index (χ0) is 21.2. The molecular weight excluding hydrogens is 501 g/mol. The van der Waals surface area contributed by atoms with Crippen LogP contribution >= 0.6 is 24.0 Å². The molecule has 1 aromatic heterocycles. The van der Waals surface area contributed by atoms with Gasteiger partial charge in [-0.25, -0.2) is 4.68 Å². The van der Waals surface area contributed by atoms with Crippen molar-refractivity contribution in [3.8, 4) is 11.8 Å². The van der Waals surface area contributed by atoms with E-state index in [4.69, 9.17) is 5.73 Å². The van der Waals surface area contributed by atoms with Crippen molar-refractivity contribution >= 4 is 35.8 Å². The van der Waals surface area contributed by atoms with E-state index in [9.17, 15) is 5.26 Å². The summed E-state index contributed by atoms with van der Waals surface area (Å²) in [5.41, 5.74) is 9.45. The van der Waals surface area contributed by atoms with Crippen LogP contribution < -0.4 is 16.4 Å². The van der Waals surface area contributed by atoms with Crippen LogP contribution in [-0.4, -0.2) is 35.9 Å². The van der Waals surface area contributed by atoms with Crippen molar-refractivity contribution in [2.45, 2.75) is 19.3 Å². The van der Waals surface area contributed by atoms with Gasteiger partial charge in [0.1, 0.15) is 17.5 Å². The number of anilines is 1.